The van der Waals surface area contributed by atoms with E-state index in [2.05, 4.69) is 25.3 Å². The van der Waals surface area contributed by atoms with E-state index >= 15 is 0 Å². The van der Waals surface area contributed by atoms with Crippen molar-refractivity contribution in [2.45, 2.75) is 13.3 Å². The van der Waals surface area contributed by atoms with E-state index in [0.717, 1.165) is 12.0 Å². The number of rotatable bonds is 5. The van der Waals surface area contributed by atoms with Crippen molar-refractivity contribution in [2.24, 2.45) is 0 Å². The number of anilines is 2. The first-order valence-electron chi connectivity index (χ1n) is 7.72. The van der Waals surface area contributed by atoms with E-state index in [9.17, 15) is 4.39 Å². The van der Waals surface area contributed by atoms with E-state index in [0.29, 0.717) is 29.2 Å². The lowest BCUT2D eigenvalue weighted by atomic mass is 10.0. The zero-order chi connectivity index (χ0) is 17.8. The average Bonchev–Trinajstić information content (AvgIpc) is 2.62. The van der Waals surface area contributed by atoms with Gasteiger partial charge in [0.15, 0.2) is 0 Å². The molecule has 0 spiro atoms. The number of nitrogens with one attached hydrogen (secondary N) is 1. The molecule has 128 valence electrons. The van der Waals surface area contributed by atoms with Crippen molar-refractivity contribution in [1.29, 1.82) is 0 Å². The van der Waals surface area contributed by atoms with Crippen molar-refractivity contribution in [3.8, 4) is 22.4 Å². The number of hydrogen-bond acceptors (Lipinski definition) is 6. The van der Waals surface area contributed by atoms with E-state index in [4.69, 9.17) is 17.3 Å². The molecule has 0 aliphatic carbocycles. The normalized spacial score (nSPS) is 10.7. The van der Waals surface area contributed by atoms with E-state index in [1.165, 1.54) is 18.5 Å². The summed E-state index contributed by atoms with van der Waals surface area (Å²) in [5.74, 6) is 0.176. The monoisotopic (exact) mass is 358 g/mol. The lowest BCUT2D eigenvalue weighted by Crippen LogP contribution is -2.09. The summed E-state index contributed by atoms with van der Waals surface area (Å²) < 4.78 is 13.5. The molecule has 8 heteroatoms. The Balaban J connectivity index is 2.25. The van der Waals surface area contributed by atoms with Crippen LogP contribution in [0.4, 0.5) is 16.2 Å². The van der Waals surface area contributed by atoms with E-state index in [1.807, 2.05) is 6.92 Å². The standard InChI is InChI=1S/C17H16ClFN6/c1-2-5-23-16-14(11-7-21-9-22-8-11)15(24-17(20)25-16)10-3-4-13(19)12(18)6-10/h3-4,6-9H,2,5H2,1H3,(H3,20,23,24,25). The van der Waals surface area contributed by atoms with Gasteiger partial charge in [-0.15, -0.1) is 0 Å². The third-order valence-corrected chi connectivity index (χ3v) is 3.80. The van der Waals surface area contributed by atoms with Crippen molar-refractivity contribution in [1.82, 2.24) is 19.9 Å². The summed E-state index contributed by atoms with van der Waals surface area (Å²) in [6, 6.07) is 4.40. The maximum atomic E-state index is 13.5. The molecule has 0 bridgehead atoms. The van der Waals surface area contributed by atoms with Crippen LogP contribution in [-0.4, -0.2) is 26.5 Å². The van der Waals surface area contributed by atoms with Gasteiger partial charge in [-0.05, 0) is 24.6 Å². The molecule has 3 aromatic rings. The molecule has 0 radical (unpaired) electrons. The maximum absolute atomic E-state index is 13.5. The summed E-state index contributed by atoms with van der Waals surface area (Å²) in [5.41, 5.74) is 8.44. The van der Waals surface area contributed by atoms with Gasteiger partial charge in [-0.25, -0.2) is 19.3 Å². The van der Waals surface area contributed by atoms with Crippen LogP contribution in [0.3, 0.4) is 0 Å². The molecule has 0 atom stereocenters. The zero-order valence-corrected chi connectivity index (χ0v) is 14.3. The zero-order valence-electron chi connectivity index (χ0n) is 13.5. The molecule has 25 heavy (non-hydrogen) atoms. The van der Waals surface area contributed by atoms with Crippen LogP contribution in [0.2, 0.25) is 5.02 Å². The molecule has 0 saturated heterocycles. The van der Waals surface area contributed by atoms with Crippen molar-refractivity contribution < 1.29 is 4.39 Å². The molecule has 0 aliphatic rings. The molecule has 6 nitrogen and oxygen atoms in total. The van der Waals surface area contributed by atoms with Crippen LogP contribution >= 0.6 is 11.6 Å². The largest absolute Gasteiger partial charge is 0.369 e. The lowest BCUT2D eigenvalue weighted by molar-refractivity contribution is 0.628. The van der Waals surface area contributed by atoms with E-state index in [1.54, 1.807) is 18.5 Å². The third kappa shape index (κ3) is 3.66. The molecule has 3 N–H and O–H groups in total. The maximum Gasteiger partial charge on any atom is 0.222 e. The topological polar surface area (TPSA) is 89.6 Å². The van der Waals surface area contributed by atoms with Gasteiger partial charge in [0.2, 0.25) is 5.95 Å². The number of benzene rings is 1. The highest BCUT2D eigenvalue weighted by atomic mass is 35.5. The molecule has 2 heterocycles. The SMILES string of the molecule is CCCNc1nc(N)nc(-c2ccc(F)c(Cl)c2)c1-c1cncnc1. The summed E-state index contributed by atoms with van der Waals surface area (Å²) in [6.45, 7) is 2.75. The Morgan fingerprint density at radius 2 is 1.92 bits per heavy atom. The Labute approximate surface area is 149 Å². The predicted molar refractivity (Wildman–Crippen MR) is 96.7 cm³/mol. The summed E-state index contributed by atoms with van der Waals surface area (Å²) in [7, 11) is 0. The summed E-state index contributed by atoms with van der Waals surface area (Å²) in [4.78, 5) is 16.8. The first-order valence-corrected chi connectivity index (χ1v) is 8.10. The van der Waals surface area contributed by atoms with Crippen molar-refractivity contribution in [3.05, 3.63) is 47.8 Å². The van der Waals surface area contributed by atoms with Gasteiger partial charge in [-0.2, -0.15) is 4.98 Å². The Hall–Kier alpha value is -2.80. The molecular weight excluding hydrogens is 343 g/mol. The Kier molecular flexibility index (Phi) is 5.04. The predicted octanol–water partition coefficient (Wildman–Crippen LogP) is 3.80. The molecule has 0 saturated carbocycles. The summed E-state index contributed by atoms with van der Waals surface area (Å²) in [5, 5.41) is 3.25. The summed E-state index contributed by atoms with van der Waals surface area (Å²) in [6.07, 6.45) is 5.67. The third-order valence-electron chi connectivity index (χ3n) is 3.51. The number of nitrogens with zero attached hydrogens (tertiary/aromatic N) is 4. The highest BCUT2D eigenvalue weighted by Crippen LogP contribution is 2.36. The molecule has 0 amide bonds. The second-order valence-electron chi connectivity index (χ2n) is 5.34. The van der Waals surface area contributed by atoms with Crippen LogP contribution in [-0.2, 0) is 0 Å². The molecule has 1 aromatic carbocycles. The van der Waals surface area contributed by atoms with Gasteiger partial charge < -0.3 is 11.1 Å². The Bertz CT molecular complexity index is 888. The van der Waals surface area contributed by atoms with Crippen LogP contribution in [0.1, 0.15) is 13.3 Å². The van der Waals surface area contributed by atoms with Gasteiger partial charge in [0.1, 0.15) is 18.0 Å². The van der Waals surface area contributed by atoms with Gasteiger partial charge in [-0.3, -0.25) is 0 Å². The smallest absolute Gasteiger partial charge is 0.222 e. The molecular formula is C17H16ClFN6. The number of halogens is 2. The number of aromatic nitrogens is 4. The summed E-state index contributed by atoms with van der Waals surface area (Å²) >= 11 is 5.94. The molecule has 0 unspecified atom stereocenters. The minimum atomic E-state index is -0.499. The Morgan fingerprint density at radius 1 is 1.16 bits per heavy atom. The minimum absolute atomic E-state index is 0.00742. The molecule has 2 aromatic heterocycles. The van der Waals surface area contributed by atoms with Crippen molar-refractivity contribution in [3.63, 3.8) is 0 Å². The van der Waals surface area contributed by atoms with Crippen molar-refractivity contribution >= 4 is 23.4 Å². The van der Waals surface area contributed by atoms with Gasteiger partial charge in [0.25, 0.3) is 0 Å². The fourth-order valence-electron chi connectivity index (χ4n) is 2.40. The minimum Gasteiger partial charge on any atom is -0.369 e. The van der Waals surface area contributed by atoms with Gasteiger partial charge in [-0.1, -0.05) is 18.5 Å². The van der Waals surface area contributed by atoms with Crippen LogP contribution in [0.5, 0.6) is 0 Å². The highest BCUT2D eigenvalue weighted by Gasteiger charge is 2.18. The van der Waals surface area contributed by atoms with Crippen LogP contribution in [0, 0.1) is 5.82 Å². The average molecular weight is 359 g/mol. The second kappa shape index (κ2) is 7.40. The first-order chi connectivity index (χ1) is 12.1. The molecule has 0 fully saturated rings. The fraction of sp³-hybridized carbons (Fsp3) is 0.176. The fourth-order valence-corrected chi connectivity index (χ4v) is 2.58. The molecule has 3 rings (SSSR count). The Morgan fingerprint density at radius 3 is 2.60 bits per heavy atom. The highest BCUT2D eigenvalue weighted by molar-refractivity contribution is 6.31. The number of hydrogen-bond donors (Lipinski definition) is 2. The van der Waals surface area contributed by atoms with Gasteiger partial charge in [0, 0.05) is 30.1 Å². The van der Waals surface area contributed by atoms with E-state index < -0.39 is 5.82 Å². The van der Waals surface area contributed by atoms with Crippen LogP contribution in [0.25, 0.3) is 22.4 Å². The van der Waals surface area contributed by atoms with Gasteiger partial charge >= 0.3 is 0 Å². The molecule has 0 aliphatic heterocycles. The quantitative estimate of drug-likeness (QED) is 0.721. The lowest BCUT2D eigenvalue weighted by Gasteiger charge is -2.15. The van der Waals surface area contributed by atoms with Gasteiger partial charge in [0.05, 0.1) is 16.3 Å². The second-order valence-corrected chi connectivity index (χ2v) is 5.74. The van der Waals surface area contributed by atoms with Crippen LogP contribution < -0.4 is 11.1 Å². The number of nitrogens with two attached hydrogens (primary N) is 1. The van der Waals surface area contributed by atoms with Crippen LogP contribution in [0.15, 0.2) is 36.9 Å². The van der Waals surface area contributed by atoms with Crippen molar-refractivity contribution in [2.75, 3.05) is 17.6 Å². The first kappa shape index (κ1) is 17.0. The van der Waals surface area contributed by atoms with E-state index in [-0.39, 0.29) is 11.0 Å². The number of nitrogen functional groups attached to an aromatic ring is 1.